The molecule has 1 aliphatic rings. The van der Waals surface area contributed by atoms with Gasteiger partial charge in [0.1, 0.15) is 0 Å². The summed E-state index contributed by atoms with van der Waals surface area (Å²) in [6.07, 6.45) is 7.67. The molecule has 1 aliphatic heterocycles. The van der Waals surface area contributed by atoms with Gasteiger partial charge in [0.15, 0.2) is 5.13 Å². The highest BCUT2D eigenvalue weighted by molar-refractivity contribution is 7.22. The number of fused-ring (bicyclic) bond motifs is 1. The number of rotatable bonds is 1. The summed E-state index contributed by atoms with van der Waals surface area (Å²) in [6, 6.07) is 1.99. The topological polar surface area (TPSA) is 29.0 Å². The van der Waals surface area contributed by atoms with Crippen molar-refractivity contribution in [2.75, 3.05) is 18.0 Å². The maximum atomic E-state index is 4.64. The van der Waals surface area contributed by atoms with Crippen LogP contribution in [0, 0.1) is 0 Å². The molecule has 3 rings (SSSR count). The summed E-state index contributed by atoms with van der Waals surface area (Å²) in [7, 11) is 0. The van der Waals surface area contributed by atoms with Crippen molar-refractivity contribution in [1.29, 1.82) is 0 Å². The molecule has 0 aliphatic carbocycles. The van der Waals surface area contributed by atoms with E-state index in [1.807, 2.05) is 18.5 Å². The Labute approximate surface area is 92.8 Å². The third-order valence-electron chi connectivity index (χ3n) is 2.81. The van der Waals surface area contributed by atoms with E-state index < -0.39 is 0 Å². The molecule has 0 spiro atoms. The molecule has 78 valence electrons. The number of anilines is 1. The van der Waals surface area contributed by atoms with Crippen LogP contribution in [0.4, 0.5) is 5.13 Å². The lowest BCUT2D eigenvalue weighted by Gasteiger charge is -2.25. The molecule has 1 saturated heterocycles. The molecule has 0 aromatic carbocycles. The van der Waals surface area contributed by atoms with E-state index in [1.54, 1.807) is 11.3 Å². The molecule has 0 N–H and O–H groups in total. The van der Waals surface area contributed by atoms with Gasteiger partial charge < -0.3 is 4.90 Å². The Morgan fingerprint density at radius 2 is 2.07 bits per heavy atom. The van der Waals surface area contributed by atoms with E-state index in [0.29, 0.717) is 0 Å². The second-order valence-electron chi connectivity index (χ2n) is 3.89. The largest absolute Gasteiger partial charge is 0.348 e. The zero-order valence-corrected chi connectivity index (χ0v) is 9.33. The van der Waals surface area contributed by atoms with Crippen LogP contribution >= 0.6 is 11.3 Å². The van der Waals surface area contributed by atoms with Crippen molar-refractivity contribution in [1.82, 2.24) is 9.97 Å². The summed E-state index contributed by atoms with van der Waals surface area (Å²) in [5, 5.41) is 1.16. The van der Waals surface area contributed by atoms with Gasteiger partial charge in [0.2, 0.25) is 0 Å². The van der Waals surface area contributed by atoms with E-state index in [1.165, 1.54) is 24.0 Å². The summed E-state index contributed by atoms with van der Waals surface area (Å²) >= 11 is 1.76. The smallest absolute Gasteiger partial charge is 0.186 e. The molecule has 0 bridgehead atoms. The number of hydrogen-bond donors (Lipinski definition) is 0. The fourth-order valence-corrected chi connectivity index (χ4v) is 2.97. The molecular weight excluding hydrogens is 206 g/mol. The maximum Gasteiger partial charge on any atom is 0.186 e. The third-order valence-corrected chi connectivity index (χ3v) is 3.87. The molecule has 2 aromatic heterocycles. The van der Waals surface area contributed by atoms with Crippen molar-refractivity contribution < 1.29 is 0 Å². The van der Waals surface area contributed by atoms with Crippen molar-refractivity contribution in [3.05, 3.63) is 18.5 Å². The molecule has 0 saturated carbocycles. The molecule has 4 heteroatoms. The lowest BCUT2D eigenvalue weighted by Crippen LogP contribution is -2.29. The van der Waals surface area contributed by atoms with Crippen LogP contribution in [0.3, 0.4) is 0 Å². The number of piperidine rings is 1. The Hall–Kier alpha value is -1.16. The summed E-state index contributed by atoms with van der Waals surface area (Å²) in [5.41, 5.74) is 1.08. The molecule has 0 radical (unpaired) electrons. The van der Waals surface area contributed by atoms with Gasteiger partial charge >= 0.3 is 0 Å². The predicted octanol–water partition coefficient (Wildman–Crippen LogP) is 2.68. The zero-order chi connectivity index (χ0) is 10.1. The van der Waals surface area contributed by atoms with Crippen LogP contribution in [0.15, 0.2) is 18.5 Å². The van der Waals surface area contributed by atoms with Crippen LogP contribution in [0.1, 0.15) is 19.3 Å². The minimum Gasteiger partial charge on any atom is -0.348 e. The first-order chi connectivity index (χ1) is 7.43. The monoisotopic (exact) mass is 219 g/mol. The SMILES string of the molecule is c1cc2nc(N3CCCCC3)sc2cn1. The van der Waals surface area contributed by atoms with Crippen LogP contribution in [0.5, 0.6) is 0 Å². The van der Waals surface area contributed by atoms with Crippen LogP contribution in [0.2, 0.25) is 0 Å². The van der Waals surface area contributed by atoms with E-state index >= 15 is 0 Å². The molecular formula is C11H13N3S. The van der Waals surface area contributed by atoms with Gasteiger partial charge in [-0.2, -0.15) is 0 Å². The Morgan fingerprint density at radius 1 is 1.20 bits per heavy atom. The molecule has 15 heavy (non-hydrogen) atoms. The van der Waals surface area contributed by atoms with Gasteiger partial charge in [-0.05, 0) is 25.3 Å². The highest BCUT2D eigenvalue weighted by Gasteiger charge is 2.14. The highest BCUT2D eigenvalue weighted by Crippen LogP contribution is 2.29. The van der Waals surface area contributed by atoms with Gasteiger partial charge in [0, 0.05) is 25.5 Å². The third kappa shape index (κ3) is 1.69. The van der Waals surface area contributed by atoms with Gasteiger partial charge in [0.05, 0.1) is 10.2 Å². The van der Waals surface area contributed by atoms with Crippen molar-refractivity contribution in [2.45, 2.75) is 19.3 Å². The van der Waals surface area contributed by atoms with E-state index in [4.69, 9.17) is 0 Å². The molecule has 0 unspecified atom stereocenters. The molecule has 1 fully saturated rings. The Bertz CT molecular complexity index is 427. The average Bonchev–Trinajstić information content (AvgIpc) is 2.74. The van der Waals surface area contributed by atoms with Crippen LogP contribution in [-0.4, -0.2) is 23.1 Å². The van der Waals surface area contributed by atoms with Crippen molar-refractivity contribution in [3.63, 3.8) is 0 Å². The first kappa shape index (κ1) is 9.09. The lowest BCUT2D eigenvalue weighted by molar-refractivity contribution is 0.577. The maximum absolute atomic E-state index is 4.64. The van der Waals surface area contributed by atoms with E-state index in [2.05, 4.69) is 14.9 Å². The quantitative estimate of drug-likeness (QED) is 0.738. The minimum atomic E-state index is 1.08. The van der Waals surface area contributed by atoms with Crippen LogP contribution in [-0.2, 0) is 0 Å². The van der Waals surface area contributed by atoms with Gasteiger partial charge in [-0.3, -0.25) is 4.98 Å². The Kier molecular flexibility index (Phi) is 2.29. The highest BCUT2D eigenvalue weighted by atomic mass is 32.1. The predicted molar refractivity (Wildman–Crippen MR) is 63.5 cm³/mol. The molecule has 2 aromatic rings. The van der Waals surface area contributed by atoms with Crippen molar-refractivity contribution >= 4 is 26.7 Å². The summed E-state index contributed by atoms with van der Waals surface area (Å²) in [6.45, 7) is 2.32. The van der Waals surface area contributed by atoms with Crippen LogP contribution < -0.4 is 4.90 Å². The second kappa shape index (κ2) is 3.77. The number of aromatic nitrogens is 2. The summed E-state index contributed by atoms with van der Waals surface area (Å²) < 4.78 is 1.19. The minimum absolute atomic E-state index is 1.08. The normalized spacial score (nSPS) is 17.2. The second-order valence-corrected chi connectivity index (χ2v) is 4.90. The standard InChI is InChI=1S/C11H13N3S/c1-2-6-14(7-3-1)11-13-9-4-5-12-8-10(9)15-11/h4-5,8H,1-3,6-7H2. The van der Waals surface area contributed by atoms with E-state index in [0.717, 1.165) is 23.7 Å². The van der Waals surface area contributed by atoms with Gasteiger partial charge in [-0.25, -0.2) is 4.98 Å². The van der Waals surface area contributed by atoms with Crippen molar-refractivity contribution in [3.8, 4) is 0 Å². The first-order valence-electron chi connectivity index (χ1n) is 5.39. The van der Waals surface area contributed by atoms with E-state index in [-0.39, 0.29) is 0 Å². The summed E-state index contributed by atoms with van der Waals surface area (Å²) in [4.78, 5) is 11.2. The zero-order valence-electron chi connectivity index (χ0n) is 8.52. The number of thiazole rings is 1. The lowest BCUT2D eigenvalue weighted by atomic mass is 10.1. The Balaban J connectivity index is 1.96. The molecule has 0 amide bonds. The first-order valence-corrected chi connectivity index (χ1v) is 6.21. The molecule has 3 heterocycles. The fourth-order valence-electron chi connectivity index (χ4n) is 1.99. The van der Waals surface area contributed by atoms with Crippen molar-refractivity contribution in [2.24, 2.45) is 0 Å². The number of pyridine rings is 1. The molecule has 0 atom stereocenters. The van der Waals surface area contributed by atoms with Gasteiger partial charge in [-0.15, -0.1) is 0 Å². The number of nitrogens with zero attached hydrogens (tertiary/aromatic N) is 3. The number of hydrogen-bond acceptors (Lipinski definition) is 4. The van der Waals surface area contributed by atoms with Gasteiger partial charge in [-0.1, -0.05) is 11.3 Å². The Morgan fingerprint density at radius 3 is 2.87 bits per heavy atom. The van der Waals surface area contributed by atoms with E-state index in [9.17, 15) is 0 Å². The van der Waals surface area contributed by atoms with Crippen LogP contribution in [0.25, 0.3) is 10.2 Å². The van der Waals surface area contributed by atoms with Gasteiger partial charge in [0.25, 0.3) is 0 Å². The summed E-state index contributed by atoms with van der Waals surface area (Å²) in [5.74, 6) is 0. The molecule has 3 nitrogen and oxygen atoms in total. The fraction of sp³-hybridized carbons (Fsp3) is 0.455. The average molecular weight is 219 g/mol.